The zero-order valence-corrected chi connectivity index (χ0v) is 8.66. The molecule has 0 radical (unpaired) electrons. The third kappa shape index (κ3) is 2.59. The minimum Gasteiger partial charge on any atom is -0.475 e. The SMILES string of the molecule is Cc1oc(C(=O)O)cc1COCC1CC1. The average Bonchev–Trinajstić information content (AvgIpc) is 2.91. The fourth-order valence-corrected chi connectivity index (χ4v) is 1.39. The highest BCUT2D eigenvalue weighted by Crippen LogP contribution is 2.29. The Kier molecular flexibility index (Phi) is 2.77. The monoisotopic (exact) mass is 210 g/mol. The molecule has 82 valence electrons. The number of hydrogen-bond donors (Lipinski definition) is 1. The molecule has 1 saturated carbocycles. The van der Waals surface area contributed by atoms with E-state index in [1.807, 2.05) is 0 Å². The summed E-state index contributed by atoms with van der Waals surface area (Å²) >= 11 is 0. The van der Waals surface area contributed by atoms with Gasteiger partial charge < -0.3 is 14.3 Å². The normalized spacial score (nSPS) is 15.5. The molecule has 4 nitrogen and oxygen atoms in total. The highest BCUT2D eigenvalue weighted by Gasteiger charge is 2.21. The summed E-state index contributed by atoms with van der Waals surface area (Å²) in [6.07, 6.45) is 2.51. The zero-order valence-electron chi connectivity index (χ0n) is 8.66. The first-order chi connectivity index (χ1) is 7.16. The Morgan fingerprint density at radius 3 is 2.93 bits per heavy atom. The highest BCUT2D eigenvalue weighted by atomic mass is 16.5. The maximum atomic E-state index is 10.6. The molecule has 1 aromatic rings. The fourth-order valence-electron chi connectivity index (χ4n) is 1.39. The predicted molar refractivity (Wildman–Crippen MR) is 52.8 cm³/mol. The molecule has 0 aromatic carbocycles. The lowest BCUT2D eigenvalue weighted by Gasteiger charge is -2.00. The van der Waals surface area contributed by atoms with Crippen LogP contribution in [-0.4, -0.2) is 17.7 Å². The molecule has 0 unspecified atom stereocenters. The van der Waals surface area contributed by atoms with Crippen molar-refractivity contribution < 1.29 is 19.1 Å². The van der Waals surface area contributed by atoms with E-state index < -0.39 is 5.97 Å². The third-order valence-corrected chi connectivity index (χ3v) is 2.54. The van der Waals surface area contributed by atoms with Gasteiger partial charge >= 0.3 is 5.97 Å². The summed E-state index contributed by atoms with van der Waals surface area (Å²) in [4.78, 5) is 10.6. The van der Waals surface area contributed by atoms with E-state index in [1.165, 1.54) is 18.9 Å². The van der Waals surface area contributed by atoms with E-state index >= 15 is 0 Å². The van der Waals surface area contributed by atoms with Crippen LogP contribution in [-0.2, 0) is 11.3 Å². The molecule has 2 rings (SSSR count). The second kappa shape index (κ2) is 4.06. The van der Waals surface area contributed by atoms with Gasteiger partial charge in [0.15, 0.2) is 0 Å². The number of rotatable bonds is 5. The van der Waals surface area contributed by atoms with Crippen molar-refractivity contribution in [2.45, 2.75) is 26.4 Å². The highest BCUT2D eigenvalue weighted by molar-refractivity contribution is 5.84. The Hall–Kier alpha value is -1.29. The molecule has 1 aliphatic rings. The number of carboxylic acid groups (broad SMARTS) is 1. The van der Waals surface area contributed by atoms with E-state index in [-0.39, 0.29) is 5.76 Å². The van der Waals surface area contributed by atoms with Gasteiger partial charge in [0.1, 0.15) is 5.76 Å². The van der Waals surface area contributed by atoms with Crippen molar-refractivity contribution in [3.8, 4) is 0 Å². The van der Waals surface area contributed by atoms with Crippen LogP contribution in [0.25, 0.3) is 0 Å². The Balaban J connectivity index is 1.91. The number of ether oxygens (including phenoxy) is 1. The minimum absolute atomic E-state index is 0.0162. The number of carboxylic acids is 1. The Bertz CT molecular complexity index is 363. The van der Waals surface area contributed by atoms with E-state index in [1.54, 1.807) is 6.92 Å². The van der Waals surface area contributed by atoms with Gasteiger partial charge in [-0.3, -0.25) is 0 Å². The van der Waals surface area contributed by atoms with Crippen LogP contribution in [0.2, 0.25) is 0 Å². The van der Waals surface area contributed by atoms with Crippen LogP contribution in [0.5, 0.6) is 0 Å². The maximum absolute atomic E-state index is 10.6. The molecule has 15 heavy (non-hydrogen) atoms. The van der Waals surface area contributed by atoms with Crippen molar-refractivity contribution in [3.05, 3.63) is 23.2 Å². The van der Waals surface area contributed by atoms with E-state index in [2.05, 4.69) is 0 Å². The molecule has 1 N–H and O–H groups in total. The van der Waals surface area contributed by atoms with Gasteiger partial charge in [-0.2, -0.15) is 0 Å². The van der Waals surface area contributed by atoms with Crippen LogP contribution in [0.4, 0.5) is 0 Å². The van der Waals surface area contributed by atoms with E-state index in [0.29, 0.717) is 12.4 Å². The van der Waals surface area contributed by atoms with E-state index in [9.17, 15) is 4.79 Å². The molecular weight excluding hydrogens is 196 g/mol. The first-order valence-electron chi connectivity index (χ1n) is 5.07. The first kappa shape index (κ1) is 10.2. The number of aryl methyl sites for hydroxylation is 1. The van der Waals surface area contributed by atoms with Crippen molar-refractivity contribution in [1.29, 1.82) is 0 Å². The molecule has 0 saturated heterocycles. The molecular formula is C11H14O4. The van der Waals surface area contributed by atoms with Gasteiger partial charge in [0, 0.05) is 12.2 Å². The van der Waals surface area contributed by atoms with Crippen LogP contribution in [0.3, 0.4) is 0 Å². The fraction of sp³-hybridized carbons (Fsp3) is 0.545. The lowest BCUT2D eigenvalue weighted by atomic mass is 10.2. The van der Waals surface area contributed by atoms with Crippen LogP contribution in [0.15, 0.2) is 10.5 Å². The quantitative estimate of drug-likeness (QED) is 0.809. The van der Waals surface area contributed by atoms with Gasteiger partial charge in [-0.25, -0.2) is 4.79 Å². The average molecular weight is 210 g/mol. The second-order valence-corrected chi connectivity index (χ2v) is 3.96. The molecule has 1 aliphatic carbocycles. The molecule has 1 heterocycles. The van der Waals surface area contributed by atoms with Crippen molar-refractivity contribution in [1.82, 2.24) is 0 Å². The molecule has 1 aromatic heterocycles. The summed E-state index contributed by atoms with van der Waals surface area (Å²) in [5.74, 6) is 0.295. The molecule has 1 fully saturated rings. The van der Waals surface area contributed by atoms with Crippen molar-refractivity contribution in [2.24, 2.45) is 5.92 Å². The Morgan fingerprint density at radius 2 is 2.40 bits per heavy atom. The molecule has 0 spiro atoms. The Morgan fingerprint density at radius 1 is 1.67 bits per heavy atom. The summed E-state index contributed by atoms with van der Waals surface area (Å²) in [6, 6.07) is 1.53. The molecule has 0 amide bonds. The lowest BCUT2D eigenvalue weighted by Crippen LogP contribution is -1.97. The summed E-state index contributed by atoms with van der Waals surface area (Å²) in [5, 5.41) is 8.71. The van der Waals surface area contributed by atoms with Crippen molar-refractivity contribution >= 4 is 5.97 Å². The van der Waals surface area contributed by atoms with Gasteiger partial charge in [0.05, 0.1) is 6.61 Å². The largest absolute Gasteiger partial charge is 0.475 e. The standard InChI is InChI=1S/C11H14O4/c1-7-9(4-10(15-7)11(12)13)6-14-5-8-2-3-8/h4,8H,2-3,5-6H2,1H3,(H,12,13). The van der Waals surface area contributed by atoms with Crippen LogP contribution >= 0.6 is 0 Å². The van der Waals surface area contributed by atoms with Gasteiger partial charge in [-0.05, 0) is 31.7 Å². The number of aromatic carboxylic acids is 1. The summed E-state index contributed by atoms with van der Waals surface area (Å²) in [7, 11) is 0. The number of furan rings is 1. The van der Waals surface area contributed by atoms with Crippen molar-refractivity contribution in [3.63, 3.8) is 0 Å². The smallest absolute Gasteiger partial charge is 0.371 e. The number of carbonyl (C=O) groups is 1. The lowest BCUT2D eigenvalue weighted by molar-refractivity contribution is 0.0661. The van der Waals surface area contributed by atoms with Gasteiger partial charge in [-0.15, -0.1) is 0 Å². The summed E-state index contributed by atoms with van der Waals surface area (Å²) < 4.78 is 10.5. The predicted octanol–water partition coefficient (Wildman–Crippen LogP) is 2.21. The van der Waals surface area contributed by atoms with Gasteiger partial charge in [0.2, 0.25) is 5.76 Å². The van der Waals surface area contributed by atoms with Crippen molar-refractivity contribution in [2.75, 3.05) is 6.61 Å². The third-order valence-electron chi connectivity index (χ3n) is 2.54. The topological polar surface area (TPSA) is 59.7 Å². The van der Waals surface area contributed by atoms with E-state index in [0.717, 1.165) is 18.1 Å². The van der Waals surface area contributed by atoms with Gasteiger partial charge in [-0.1, -0.05) is 0 Å². The van der Waals surface area contributed by atoms with Crippen LogP contribution in [0, 0.1) is 12.8 Å². The van der Waals surface area contributed by atoms with Gasteiger partial charge in [0.25, 0.3) is 0 Å². The maximum Gasteiger partial charge on any atom is 0.371 e. The summed E-state index contributed by atoms with van der Waals surface area (Å²) in [6.45, 7) is 2.97. The number of hydrogen-bond acceptors (Lipinski definition) is 3. The Labute approximate surface area is 87.8 Å². The zero-order chi connectivity index (χ0) is 10.8. The second-order valence-electron chi connectivity index (χ2n) is 3.96. The van der Waals surface area contributed by atoms with Crippen LogP contribution in [0.1, 0.15) is 34.7 Å². The minimum atomic E-state index is -1.04. The van der Waals surface area contributed by atoms with Crippen LogP contribution < -0.4 is 0 Å². The van der Waals surface area contributed by atoms with E-state index in [4.69, 9.17) is 14.3 Å². The molecule has 4 heteroatoms. The molecule has 0 aliphatic heterocycles. The summed E-state index contributed by atoms with van der Waals surface area (Å²) in [5.41, 5.74) is 0.827. The molecule has 0 atom stereocenters. The molecule has 0 bridgehead atoms. The first-order valence-corrected chi connectivity index (χ1v) is 5.07.